The van der Waals surface area contributed by atoms with Crippen molar-refractivity contribution in [1.82, 2.24) is 15.0 Å². The molecule has 1 aromatic heterocycles. The highest BCUT2D eigenvalue weighted by molar-refractivity contribution is 7.98. The maximum Gasteiger partial charge on any atom is 0.230 e. The summed E-state index contributed by atoms with van der Waals surface area (Å²) in [6.45, 7) is 2.08. The van der Waals surface area contributed by atoms with Gasteiger partial charge in [-0.25, -0.2) is 0 Å². The topological polar surface area (TPSA) is 67.9 Å². The molecule has 0 amide bonds. The number of benzene rings is 1. The lowest BCUT2D eigenvalue weighted by atomic mass is 10.2. The summed E-state index contributed by atoms with van der Waals surface area (Å²) < 4.78 is 0. The zero-order valence-electron chi connectivity index (χ0n) is 11.3. The number of thioether (sulfide) groups is 1. The van der Waals surface area contributed by atoms with Crippen LogP contribution in [0.2, 0.25) is 0 Å². The van der Waals surface area contributed by atoms with E-state index in [0.29, 0.717) is 11.1 Å². The SMILES string of the molecule is Cc1cccc(CSc2nc(N)nc(N(C)C)n2)c1. The number of anilines is 2. The maximum absolute atomic E-state index is 5.69. The molecule has 1 aromatic carbocycles. The molecule has 5 nitrogen and oxygen atoms in total. The predicted octanol–water partition coefficient (Wildman–Crippen LogP) is 2.12. The van der Waals surface area contributed by atoms with E-state index in [0.717, 1.165) is 5.75 Å². The van der Waals surface area contributed by atoms with Gasteiger partial charge in [0.1, 0.15) is 0 Å². The molecule has 2 aromatic rings. The van der Waals surface area contributed by atoms with E-state index in [1.807, 2.05) is 19.0 Å². The summed E-state index contributed by atoms with van der Waals surface area (Å²) in [7, 11) is 3.76. The number of hydrogen-bond donors (Lipinski definition) is 1. The van der Waals surface area contributed by atoms with E-state index in [1.165, 1.54) is 11.1 Å². The Labute approximate surface area is 117 Å². The minimum absolute atomic E-state index is 0.255. The molecule has 0 atom stereocenters. The molecule has 0 spiro atoms. The Balaban J connectivity index is 2.11. The average Bonchev–Trinajstić information content (AvgIpc) is 2.36. The van der Waals surface area contributed by atoms with E-state index in [9.17, 15) is 0 Å². The lowest BCUT2D eigenvalue weighted by Gasteiger charge is -2.11. The van der Waals surface area contributed by atoms with Crippen molar-refractivity contribution in [1.29, 1.82) is 0 Å². The van der Waals surface area contributed by atoms with Gasteiger partial charge in [0.2, 0.25) is 11.9 Å². The summed E-state index contributed by atoms with van der Waals surface area (Å²) in [6, 6.07) is 8.39. The van der Waals surface area contributed by atoms with Gasteiger partial charge >= 0.3 is 0 Å². The van der Waals surface area contributed by atoms with Crippen LogP contribution in [0.1, 0.15) is 11.1 Å². The number of hydrogen-bond acceptors (Lipinski definition) is 6. The molecule has 0 aliphatic carbocycles. The van der Waals surface area contributed by atoms with Gasteiger partial charge in [-0.15, -0.1) is 0 Å². The molecule has 2 rings (SSSR count). The largest absolute Gasteiger partial charge is 0.368 e. The van der Waals surface area contributed by atoms with Crippen LogP contribution >= 0.6 is 11.8 Å². The lowest BCUT2D eigenvalue weighted by Crippen LogP contribution is -2.15. The third-order valence-corrected chi connectivity index (χ3v) is 3.39. The molecule has 0 bridgehead atoms. The molecule has 6 heteroatoms. The summed E-state index contributed by atoms with van der Waals surface area (Å²) in [5, 5.41) is 0.651. The van der Waals surface area contributed by atoms with Gasteiger partial charge in [0.15, 0.2) is 5.16 Å². The molecule has 2 N–H and O–H groups in total. The first-order valence-corrected chi connectivity index (χ1v) is 6.90. The Kier molecular flexibility index (Phi) is 4.21. The van der Waals surface area contributed by atoms with Crippen LogP contribution < -0.4 is 10.6 Å². The predicted molar refractivity (Wildman–Crippen MR) is 79.3 cm³/mol. The second-order valence-corrected chi connectivity index (χ2v) is 5.39. The van der Waals surface area contributed by atoms with Crippen molar-refractivity contribution >= 4 is 23.7 Å². The fourth-order valence-corrected chi connectivity index (χ4v) is 2.35. The van der Waals surface area contributed by atoms with Crippen LogP contribution in [-0.2, 0) is 5.75 Å². The van der Waals surface area contributed by atoms with Gasteiger partial charge in [0.25, 0.3) is 0 Å². The van der Waals surface area contributed by atoms with Crippen molar-refractivity contribution in [3.8, 4) is 0 Å². The first-order valence-electron chi connectivity index (χ1n) is 5.92. The Hall–Kier alpha value is -1.82. The Morgan fingerprint density at radius 3 is 2.68 bits per heavy atom. The van der Waals surface area contributed by atoms with Crippen molar-refractivity contribution in [2.75, 3.05) is 24.7 Å². The summed E-state index contributed by atoms with van der Waals surface area (Å²) in [6.07, 6.45) is 0. The monoisotopic (exact) mass is 275 g/mol. The van der Waals surface area contributed by atoms with E-state index < -0.39 is 0 Å². The van der Waals surface area contributed by atoms with Crippen LogP contribution in [0.3, 0.4) is 0 Å². The number of rotatable bonds is 4. The van der Waals surface area contributed by atoms with Gasteiger partial charge in [-0.2, -0.15) is 15.0 Å². The smallest absolute Gasteiger partial charge is 0.230 e. The fraction of sp³-hybridized carbons (Fsp3) is 0.308. The molecule has 0 saturated heterocycles. The number of nitrogens with two attached hydrogens (primary N) is 1. The van der Waals surface area contributed by atoms with Crippen LogP contribution in [0.25, 0.3) is 0 Å². The van der Waals surface area contributed by atoms with E-state index in [-0.39, 0.29) is 5.95 Å². The molecule has 0 radical (unpaired) electrons. The van der Waals surface area contributed by atoms with Crippen LogP contribution in [-0.4, -0.2) is 29.0 Å². The lowest BCUT2D eigenvalue weighted by molar-refractivity contribution is 0.876. The highest BCUT2D eigenvalue weighted by atomic mass is 32.2. The third-order valence-electron chi connectivity index (χ3n) is 2.47. The minimum Gasteiger partial charge on any atom is -0.368 e. The van der Waals surface area contributed by atoms with E-state index in [1.54, 1.807) is 11.8 Å². The Morgan fingerprint density at radius 1 is 1.21 bits per heavy atom. The number of nitrogen functional groups attached to an aromatic ring is 1. The van der Waals surface area contributed by atoms with Crippen LogP contribution in [0.4, 0.5) is 11.9 Å². The zero-order valence-corrected chi connectivity index (χ0v) is 12.1. The molecule has 0 unspecified atom stereocenters. The maximum atomic E-state index is 5.69. The molecule has 0 aliphatic heterocycles. The highest BCUT2D eigenvalue weighted by Gasteiger charge is 2.07. The Morgan fingerprint density at radius 2 is 2.00 bits per heavy atom. The molecule has 0 saturated carbocycles. The number of aromatic nitrogens is 3. The summed E-state index contributed by atoms with van der Waals surface area (Å²) in [5.74, 6) is 1.66. The molecule has 1 heterocycles. The molecular weight excluding hydrogens is 258 g/mol. The van der Waals surface area contributed by atoms with Crippen LogP contribution in [0.5, 0.6) is 0 Å². The van der Waals surface area contributed by atoms with Crippen molar-refractivity contribution in [2.24, 2.45) is 0 Å². The summed E-state index contributed by atoms with van der Waals surface area (Å²) in [5.41, 5.74) is 8.19. The fourth-order valence-electron chi connectivity index (χ4n) is 1.58. The van der Waals surface area contributed by atoms with Gasteiger partial charge in [0.05, 0.1) is 0 Å². The Bertz CT molecular complexity index is 571. The van der Waals surface area contributed by atoms with Crippen LogP contribution in [0, 0.1) is 6.92 Å². The molecular formula is C13H17N5S. The highest BCUT2D eigenvalue weighted by Crippen LogP contribution is 2.21. The van der Waals surface area contributed by atoms with Gasteiger partial charge in [-0.3, -0.25) is 0 Å². The third kappa shape index (κ3) is 3.82. The first kappa shape index (κ1) is 13.6. The summed E-state index contributed by atoms with van der Waals surface area (Å²) in [4.78, 5) is 14.4. The van der Waals surface area contributed by atoms with Gasteiger partial charge in [-0.1, -0.05) is 41.6 Å². The standard InChI is InChI=1S/C13H17N5S/c1-9-5-4-6-10(7-9)8-19-13-16-11(14)15-12(17-13)18(2)3/h4-7H,8H2,1-3H3,(H2,14,15,16,17). The number of nitrogens with zero attached hydrogens (tertiary/aromatic N) is 4. The quantitative estimate of drug-likeness (QED) is 0.862. The van der Waals surface area contributed by atoms with Crippen molar-refractivity contribution in [3.63, 3.8) is 0 Å². The van der Waals surface area contributed by atoms with Gasteiger partial charge < -0.3 is 10.6 Å². The van der Waals surface area contributed by atoms with E-state index >= 15 is 0 Å². The molecule has 100 valence electrons. The minimum atomic E-state index is 0.255. The first-order chi connectivity index (χ1) is 9.04. The van der Waals surface area contributed by atoms with Gasteiger partial charge in [-0.05, 0) is 12.5 Å². The average molecular weight is 275 g/mol. The molecule has 0 aliphatic rings. The molecule has 19 heavy (non-hydrogen) atoms. The van der Waals surface area contributed by atoms with E-state index in [2.05, 4.69) is 46.1 Å². The number of aryl methyl sites for hydroxylation is 1. The van der Waals surface area contributed by atoms with Crippen LogP contribution in [0.15, 0.2) is 29.4 Å². The zero-order chi connectivity index (χ0) is 13.8. The van der Waals surface area contributed by atoms with Crippen molar-refractivity contribution < 1.29 is 0 Å². The second kappa shape index (κ2) is 5.88. The normalized spacial score (nSPS) is 10.5. The van der Waals surface area contributed by atoms with E-state index in [4.69, 9.17) is 5.73 Å². The second-order valence-electron chi connectivity index (χ2n) is 4.45. The molecule has 0 fully saturated rings. The van der Waals surface area contributed by atoms with Crippen molar-refractivity contribution in [2.45, 2.75) is 17.8 Å². The van der Waals surface area contributed by atoms with Crippen molar-refractivity contribution in [3.05, 3.63) is 35.4 Å². The summed E-state index contributed by atoms with van der Waals surface area (Å²) >= 11 is 1.56. The van der Waals surface area contributed by atoms with Gasteiger partial charge in [0, 0.05) is 19.8 Å².